The Balaban J connectivity index is 1.65. The second kappa shape index (κ2) is 9.01. The number of imide groups is 1. The smallest absolute Gasteiger partial charge is 0.418 e. The molecular weight excluding hydrogens is 406 g/mol. The van der Waals surface area contributed by atoms with E-state index in [2.05, 4.69) is 10.3 Å². The molecule has 0 bridgehead atoms. The van der Waals surface area contributed by atoms with Crippen molar-refractivity contribution >= 4 is 17.9 Å². The maximum Gasteiger partial charge on any atom is 0.418 e. The monoisotopic (exact) mass is 429 g/mol. The van der Waals surface area contributed by atoms with Crippen molar-refractivity contribution in [2.45, 2.75) is 31.5 Å². The number of rotatable bonds is 7. The van der Waals surface area contributed by atoms with Crippen molar-refractivity contribution in [1.29, 1.82) is 0 Å². The fraction of sp³-hybridized carbons (Fsp3) is 0.200. The van der Waals surface area contributed by atoms with E-state index in [-0.39, 0.29) is 13.0 Å². The van der Waals surface area contributed by atoms with Crippen LogP contribution in [0.5, 0.6) is 0 Å². The van der Waals surface area contributed by atoms with Gasteiger partial charge in [0.05, 0.1) is 18.3 Å². The van der Waals surface area contributed by atoms with Crippen molar-refractivity contribution < 1.29 is 19.1 Å². The molecule has 1 saturated heterocycles. The lowest BCUT2D eigenvalue weighted by molar-refractivity contribution is -0.150. The van der Waals surface area contributed by atoms with E-state index in [1.807, 2.05) is 36.4 Å². The highest BCUT2D eigenvalue weighted by molar-refractivity contribution is 6.17. The van der Waals surface area contributed by atoms with Gasteiger partial charge in [-0.15, -0.1) is 0 Å². The van der Waals surface area contributed by atoms with Crippen LogP contribution in [0.4, 0.5) is 4.79 Å². The molecule has 0 spiro atoms. The van der Waals surface area contributed by atoms with E-state index in [9.17, 15) is 14.4 Å². The number of benzene rings is 2. The molecule has 1 N–H and O–H groups in total. The van der Waals surface area contributed by atoms with E-state index in [0.717, 1.165) is 10.5 Å². The van der Waals surface area contributed by atoms with E-state index in [1.165, 1.54) is 0 Å². The molecule has 0 saturated carbocycles. The minimum Gasteiger partial charge on any atom is -0.422 e. The molecule has 2 heterocycles. The number of carbonyl (C=O) groups excluding carboxylic acids is 3. The second-order valence-corrected chi connectivity index (χ2v) is 7.62. The molecule has 4 rings (SSSR count). The molecule has 3 aromatic rings. The van der Waals surface area contributed by atoms with Crippen LogP contribution in [0.3, 0.4) is 0 Å². The van der Waals surface area contributed by atoms with Crippen LogP contribution in [-0.2, 0) is 27.3 Å². The Morgan fingerprint density at radius 1 is 1.00 bits per heavy atom. The average molecular weight is 429 g/mol. The Labute approximate surface area is 186 Å². The zero-order valence-electron chi connectivity index (χ0n) is 17.6. The molecule has 1 aromatic heterocycles. The molecule has 0 unspecified atom stereocenters. The van der Waals surface area contributed by atoms with Crippen LogP contribution in [0.1, 0.15) is 29.8 Å². The first kappa shape index (κ1) is 21.2. The molecule has 0 aliphatic carbocycles. The third kappa shape index (κ3) is 4.09. The van der Waals surface area contributed by atoms with E-state index in [4.69, 9.17) is 4.74 Å². The van der Waals surface area contributed by atoms with E-state index >= 15 is 0 Å². The van der Waals surface area contributed by atoms with Gasteiger partial charge in [-0.3, -0.25) is 14.6 Å². The number of amides is 3. The van der Waals surface area contributed by atoms with Gasteiger partial charge in [0.1, 0.15) is 0 Å². The van der Waals surface area contributed by atoms with Gasteiger partial charge >= 0.3 is 6.09 Å². The van der Waals surface area contributed by atoms with Gasteiger partial charge < -0.3 is 10.1 Å². The van der Waals surface area contributed by atoms with Gasteiger partial charge in [-0.25, -0.2) is 9.69 Å². The highest BCUT2D eigenvalue weighted by Crippen LogP contribution is 2.35. The molecule has 0 radical (unpaired) electrons. The van der Waals surface area contributed by atoms with Crippen LogP contribution < -0.4 is 5.32 Å². The fourth-order valence-corrected chi connectivity index (χ4v) is 3.77. The predicted molar refractivity (Wildman–Crippen MR) is 117 cm³/mol. The van der Waals surface area contributed by atoms with Crippen LogP contribution in [0, 0.1) is 0 Å². The van der Waals surface area contributed by atoms with Crippen LogP contribution in [0.15, 0.2) is 85.1 Å². The first-order valence-electron chi connectivity index (χ1n) is 10.3. The zero-order valence-corrected chi connectivity index (χ0v) is 17.6. The van der Waals surface area contributed by atoms with E-state index in [0.29, 0.717) is 11.3 Å². The minimum atomic E-state index is -1.99. The summed E-state index contributed by atoms with van der Waals surface area (Å²) in [5.74, 6) is -1.35. The fourth-order valence-electron chi connectivity index (χ4n) is 3.77. The third-order valence-electron chi connectivity index (χ3n) is 5.51. The molecule has 1 aliphatic heterocycles. The van der Waals surface area contributed by atoms with Crippen molar-refractivity contribution in [3.8, 4) is 0 Å². The van der Waals surface area contributed by atoms with Gasteiger partial charge in [0.2, 0.25) is 0 Å². The molecule has 2 aromatic carbocycles. The SMILES string of the molecule is C[C@H](c1ccccc1)N1C(=O)O[C@](Cc2ccccc2)(C(=O)NCc2ccccn2)C1=O. The predicted octanol–water partition coefficient (Wildman–Crippen LogP) is 3.42. The first-order valence-corrected chi connectivity index (χ1v) is 10.3. The van der Waals surface area contributed by atoms with Gasteiger partial charge in [0.15, 0.2) is 0 Å². The van der Waals surface area contributed by atoms with Crippen molar-refractivity contribution in [3.63, 3.8) is 0 Å². The minimum absolute atomic E-state index is 0.0650. The maximum atomic E-state index is 13.6. The standard InChI is InChI=1S/C25H23N3O4/c1-18(20-12-6-3-7-13-20)28-23(30)25(32-24(28)31,16-19-10-4-2-5-11-19)22(29)27-17-21-14-8-9-15-26-21/h2-15,18H,16-17H2,1H3,(H,27,29)/t18-,25-/m1/s1. The van der Waals surface area contributed by atoms with Crippen molar-refractivity contribution in [2.75, 3.05) is 0 Å². The highest BCUT2D eigenvalue weighted by Gasteiger charge is 2.60. The van der Waals surface area contributed by atoms with Crippen molar-refractivity contribution in [3.05, 3.63) is 102 Å². The summed E-state index contributed by atoms with van der Waals surface area (Å²) in [4.78, 5) is 45.0. The zero-order chi connectivity index (χ0) is 22.6. The summed E-state index contributed by atoms with van der Waals surface area (Å²) >= 11 is 0. The number of nitrogens with one attached hydrogen (secondary N) is 1. The number of pyridine rings is 1. The lowest BCUT2D eigenvalue weighted by atomic mass is 9.91. The summed E-state index contributed by atoms with van der Waals surface area (Å²) in [5, 5.41) is 2.73. The molecule has 7 heteroatoms. The molecule has 32 heavy (non-hydrogen) atoms. The second-order valence-electron chi connectivity index (χ2n) is 7.62. The number of nitrogens with zero attached hydrogens (tertiary/aromatic N) is 2. The van der Waals surface area contributed by atoms with Gasteiger partial charge in [-0.1, -0.05) is 66.7 Å². The van der Waals surface area contributed by atoms with Crippen LogP contribution in [0.25, 0.3) is 0 Å². The van der Waals surface area contributed by atoms with E-state index in [1.54, 1.807) is 55.6 Å². The number of aromatic nitrogens is 1. The first-order chi connectivity index (χ1) is 15.5. The van der Waals surface area contributed by atoms with Crippen molar-refractivity contribution in [1.82, 2.24) is 15.2 Å². The molecule has 2 atom stereocenters. The third-order valence-corrected chi connectivity index (χ3v) is 5.51. The summed E-state index contributed by atoms with van der Waals surface area (Å²) in [6, 6.07) is 22.9. The van der Waals surface area contributed by atoms with Gasteiger partial charge in [0.25, 0.3) is 17.4 Å². The summed E-state index contributed by atoms with van der Waals surface area (Å²) < 4.78 is 5.58. The average Bonchev–Trinajstić information content (AvgIpc) is 3.08. The van der Waals surface area contributed by atoms with Crippen LogP contribution in [0.2, 0.25) is 0 Å². The Bertz CT molecular complexity index is 1110. The summed E-state index contributed by atoms with van der Waals surface area (Å²) in [7, 11) is 0. The molecule has 7 nitrogen and oxygen atoms in total. The number of carbonyl (C=O) groups is 3. The largest absolute Gasteiger partial charge is 0.422 e. The van der Waals surface area contributed by atoms with Crippen LogP contribution >= 0.6 is 0 Å². The lowest BCUT2D eigenvalue weighted by Gasteiger charge is -2.25. The molecule has 162 valence electrons. The Kier molecular flexibility index (Phi) is 5.98. The molecule has 1 fully saturated rings. The van der Waals surface area contributed by atoms with Crippen molar-refractivity contribution in [2.24, 2.45) is 0 Å². The number of hydrogen-bond acceptors (Lipinski definition) is 5. The Morgan fingerprint density at radius 3 is 2.31 bits per heavy atom. The quantitative estimate of drug-likeness (QED) is 0.582. The topological polar surface area (TPSA) is 88.6 Å². The van der Waals surface area contributed by atoms with Gasteiger partial charge in [0, 0.05) is 12.6 Å². The number of cyclic esters (lactones) is 1. The molecule has 3 amide bonds. The Morgan fingerprint density at radius 2 is 1.66 bits per heavy atom. The number of ether oxygens (including phenoxy) is 1. The van der Waals surface area contributed by atoms with Gasteiger partial charge in [-0.2, -0.15) is 0 Å². The maximum absolute atomic E-state index is 13.6. The normalized spacial score (nSPS) is 18.8. The van der Waals surface area contributed by atoms with Crippen LogP contribution in [-0.4, -0.2) is 33.4 Å². The van der Waals surface area contributed by atoms with Gasteiger partial charge in [-0.05, 0) is 30.2 Å². The van der Waals surface area contributed by atoms with E-state index < -0.39 is 29.6 Å². The molecular formula is C25H23N3O4. The Hall–Kier alpha value is -4.00. The summed E-state index contributed by atoms with van der Waals surface area (Å²) in [6.07, 6.45) is 0.714. The highest BCUT2D eigenvalue weighted by atomic mass is 16.6. The summed E-state index contributed by atoms with van der Waals surface area (Å²) in [6.45, 7) is 1.84. The lowest BCUT2D eigenvalue weighted by Crippen LogP contribution is -2.55. The number of hydrogen-bond donors (Lipinski definition) is 1. The summed E-state index contributed by atoms with van der Waals surface area (Å²) in [5.41, 5.74) is 0.107. The molecule has 1 aliphatic rings.